The maximum absolute atomic E-state index is 10.4. The van der Waals surface area contributed by atoms with E-state index in [2.05, 4.69) is 52.8 Å². The van der Waals surface area contributed by atoms with Crippen LogP contribution in [0, 0.1) is 33.9 Å². The summed E-state index contributed by atoms with van der Waals surface area (Å²) in [4.78, 5) is 10.4. The molecule has 0 aliphatic heterocycles. The molecule has 1 aromatic rings. The molecule has 0 atom stereocenters. The summed E-state index contributed by atoms with van der Waals surface area (Å²) in [6.45, 7) is 1.05. The molecule has 30 heavy (non-hydrogen) atoms. The van der Waals surface area contributed by atoms with Crippen LogP contribution in [0.4, 0.5) is 0 Å². The van der Waals surface area contributed by atoms with Crippen LogP contribution in [0.5, 0.6) is 0 Å². The first kappa shape index (κ1) is 27.9. The van der Waals surface area contributed by atoms with E-state index >= 15 is 0 Å². The summed E-state index contributed by atoms with van der Waals surface area (Å²) in [7, 11) is -4.94. The van der Waals surface area contributed by atoms with Crippen LogP contribution in [0.2, 0.25) is 0 Å². The predicted molar refractivity (Wildman–Crippen MR) is 101 cm³/mol. The third kappa shape index (κ3) is 25.9. The third-order valence-electron chi connectivity index (χ3n) is 3.93. The fraction of sp³-hybridized carbons (Fsp3) is 0.545. The van der Waals surface area contributed by atoms with E-state index in [9.17, 15) is 4.79 Å². The number of aliphatic carboxylic acids is 1. The molecule has 1 N–H and O–H groups in total. The van der Waals surface area contributed by atoms with Crippen molar-refractivity contribution >= 4 is 5.97 Å². The van der Waals surface area contributed by atoms with Gasteiger partial charge in [0.25, 0.3) is 0 Å². The average molecular weight is 440 g/mol. The van der Waals surface area contributed by atoms with E-state index in [0.29, 0.717) is 6.42 Å². The first-order chi connectivity index (χ1) is 14.3. The molecule has 0 fully saturated rings. The quantitative estimate of drug-likeness (QED) is 0.267. The Bertz CT molecular complexity index is 677. The van der Waals surface area contributed by atoms with Gasteiger partial charge in [0.05, 0.1) is 0 Å². The van der Waals surface area contributed by atoms with E-state index in [0.717, 1.165) is 57.9 Å². The minimum atomic E-state index is -4.94. The maximum Gasteiger partial charge on any atom is 0.303 e. The summed E-state index contributed by atoms with van der Waals surface area (Å²) in [6, 6.07) is 6.13. The molecule has 0 bridgehead atoms. The molecule has 7 nitrogen and oxygen atoms in total. The smallest absolute Gasteiger partial charge is 0.303 e. The number of unbranched alkanes of at least 4 members (excludes halogenated alkanes) is 8. The summed E-state index contributed by atoms with van der Waals surface area (Å²) in [5.74, 6) is 11.4. The number of hydrogen-bond donors (Lipinski definition) is 1. The Morgan fingerprint density at radius 1 is 0.767 bits per heavy atom. The first-order valence-corrected chi connectivity index (χ1v) is 11.3. The van der Waals surface area contributed by atoms with Crippen molar-refractivity contribution in [2.24, 2.45) is 0 Å². The number of carboxylic acid groups (broad SMARTS) is 1. The molecule has 0 amide bonds. The second-order valence-corrected chi connectivity index (χ2v) is 7.32. The number of pyridine rings is 1. The van der Waals surface area contributed by atoms with Gasteiger partial charge in [0.15, 0.2) is 12.4 Å². The van der Waals surface area contributed by atoms with Crippen LogP contribution in [-0.2, 0) is 11.3 Å². The van der Waals surface area contributed by atoms with Gasteiger partial charge >= 0.3 is 5.97 Å². The molecule has 0 aliphatic rings. The lowest BCUT2D eigenvalue weighted by molar-refractivity contribution is -2.00. The first-order valence-electron chi connectivity index (χ1n) is 10.0. The highest BCUT2D eigenvalue weighted by Crippen LogP contribution is 2.08. The topological polar surface area (TPSA) is 133 Å². The van der Waals surface area contributed by atoms with Gasteiger partial charge in [-0.15, -0.1) is 10.2 Å². The summed E-state index contributed by atoms with van der Waals surface area (Å²) in [6.07, 6.45) is 15.0. The van der Waals surface area contributed by atoms with E-state index in [1.165, 1.54) is 12.8 Å². The summed E-state index contributed by atoms with van der Waals surface area (Å²) >= 11 is 0. The van der Waals surface area contributed by atoms with Crippen LogP contribution in [0.15, 0.2) is 30.6 Å². The zero-order chi connectivity index (χ0) is 22.5. The molecule has 0 aliphatic carbocycles. The number of aryl methyl sites for hydroxylation is 1. The van der Waals surface area contributed by atoms with Crippen molar-refractivity contribution in [3.63, 3.8) is 0 Å². The van der Waals surface area contributed by atoms with Crippen LogP contribution in [0.3, 0.4) is 0 Å². The Morgan fingerprint density at radius 3 is 1.77 bits per heavy atom. The Balaban J connectivity index is 0.00000150. The van der Waals surface area contributed by atoms with E-state index in [1.54, 1.807) is 0 Å². The SMILES string of the molecule is O=C(O)CCCCCCCCC#CC#CCCCC[n+]1ccccc1.[O-][Cl+3]([O-])([O-])[O-]. The van der Waals surface area contributed by atoms with Gasteiger partial charge in [-0.05, 0) is 31.1 Å². The Kier molecular flexibility index (Phi) is 17.5. The highest BCUT2D eigenvalue weighted by Gasteiger charge is 1.97. The monoisotopic (exact) mass is 439 g/mol. The molecular weight excluding hydrogens is 410 g/mol. The molecule has 0 unspecified atom stereocenters. The van der Waals surface area contributed by atoms with Gasteiger partial charge in [0, 0.05) is 37.8 Å². The predicted octanol–water partition coefficient (Wildman–Crippen LogP) is -0.399. The molecule has 8 heteroatoms. The number of carbonyl (C=O) groups is 1. The van der Waals surface area contributed by atoms with Crippen molar-refractivity contribution in [2.75, 3.05) is 0 Å². The number of hydrogen-bond acceptors (Lipinski definition) is 5. The van der Waals surface area contributed by atoms with Crippen LogP contribution in [-0.4, -0.2) is 11.1 Å². The van der Waals surface area contributed by atoms with Crippen LogP contribution in [0.25, 0.3) is 0 Å². The highest BCUT2D eigenvalue weighted by atomic mass is 35.7. The largest absolute Gasteiger partial charge is 0.481 e. The maximum atomic E-state index is 10.4. The number of carboxylic acids is 1. The van der Waals surface area contributed by atoms with Gasteiger partial charge < -0.3 is 5.11 Å². The number of halogens is 1. The molecule has 1 heterocycles. The van der Waals surface area contributed by atoms with Gasteiger partial charge in [0.2, 0.25) is 0 Å². The van der Waals surface area contributed by atoms with Crippen LogP contribution >= 0.6 is 0 Å². The molecule has 0 aromatic carbocycles. The van der Waals surface area contributed by atoms with Crippen LogP contribution < -0.4 is 23.2 Å². The van der Waals surface area contributed by atoms with E-state index in [4.69, 9.17) is 23.7 Å². The van der Waals surface area contributed by atoms with Crippen LogP contribution in [0.1, 0.15) is 70.6 Å². The highest BCUT2D eigenvalue weighted by molar-refractivity contribution is 5.66. The van der Waals surface area contributed by atoms with Crippen molar-refractivity contribution in [2.45, 2.75) is 77.2 Å². The average Bonchev–Trinajstić information content (AvgIpc) is 2.67. The lowest BCUT2D eigenvalue weighted by atomic mass is 10.1. The van der Waals surface area contributed by atoms with Crippen molar-refractivity contribution in [3.05, 3.63) is 30.6 Å². The molecule has 0 saturated heterocycles. The summed E-state index contributed by atoms with van der Waals surface area (Å²) in [5.41, 5.74) is 0. The summed E-state index contributed by atoms with van der Waals surface area (Å²) < 4.78 is 36.2. The minimum Gasteiger partial charge on any atom is -0.481 e. The van der Waals surface area contributed by atoms with E-state index in [1.807, 2.05) is 6.07 Å². The fourth-order valence-electron chi connectivity index (χ4n) is 2.50. The van der Waals surface area contributed by atoms with Gasteiger partial charge in [-0.1, -0.05) is 43.6 Å². The third-order valence-corrected chi connectivity index (χ3v) is 3.93. The molecular formula is C22H30ClNO6. The van der Waals surface area contributed by atoms with Crippen molar-refractivity contribution in [1.82, 2.24) is 0 Å². The summed E-state index contributed by atoms with van der Waals surface area (Å²) in [5, 5.41) is 8.54. The minimum absolute atomic E-state index is 0.301. The zero-order valence-corrected chi connectivity index (χ0v) is 17.9. The molecule has 0 spiro atoms. The number of rotatable bonds is 12. The molecule has 1 rings (SSSR count). The van der Waals surface area contributed by atoms with E-state index < -0.39 is 16.2 Å². The van der Waals surface area contributed by atoms with Crippen molar-refractivity contribution in [3.8, 4) is 23.7 Å². The Labute approximate surface area is 181 Å². The lowest BCUT2D eigenvalue weighted by Crippen LogP contribution is -2.68. The number of nitrogens with zero attached hydrogens (tertiary/aromatic N) is 1. The van der Waals surface area contributed by atoms with Gasteiger partial charge in [-0.3, -0.25) is 4.79 Å². The van der Waals surface area contributed by atoms with Gasteiger partial charge in [0.1, 0.15) is 6.54 Å². The molecule has 0 radical (unpaired) electrons. The Hall–Kier alpha value is -2.13. The second-order valence-electron chi connectivity index (χ2n) is 6.57. The molecule has 0 saturated carbocycles. The number of aromatic nitrogens is 1. The molecule has 1 aromatic heterocycles. The lowest BCUT2D eigenvalue weighted by Gasteiger charge is -2.17. The Morgan fingerprint density at radius 2 is 1.23 bits per heavy atom. The normalized spacial score (nSPS) is 10.0. The van der Waals surface area contributed by atoms with E-state index in [-0.39, 0.29) is 0 Å². The standard InChI is InChI=1S/C22H29NO2.ClHO4/c24-22(25)18-14-11-9-7-5-3-1-2-4-6-8-10-12-15-19-23-20-16-13-17-21-23;2-1(3,4)5/h13,16-17,20-21H,1,3,5,7,9-12,14-15,18-19H2;(H,2,3,4,5). The second kappa shape index (κ2) is 18.9. The fourth-order valence-corrected chi connectivity index (χ4v) is 2.50. The molecule has 166 valence electrons. The van der Waals surface area contributed by atoms with Crippen molar-refractivity contribution < 1.29 is 43.3 Å². The van der Waals surface area contributed by atoms with Gasteiger partial charge in [-0.25, -0.2) is 23.2 Å². The zero-order valence-electron chi connectivity index (χ0n) is 17.2. The van der Waals surface area contributed by atoms with Gasteiger partial charge in [-0.2, -0.15) is 0 Å². The van der Waals surface area contributed by atoms with Crippen molar-refractivity contribution in [1.29, 1.82) is 0 Å².